The van der Waals surface area contributed by atoms with Gasteiger partial charge in [-0.25, -0.2) is 14.5 Å². The van der Waals surface area contributed by atoms with Crippen molar-refractivity contribution in [1.82, 2.24) is 24.1 Å². The van der Waals surface area contributed by atoms with Crippen molar-refractivity contribution in [3.05, 3.63) is 71.9 Å². The molecular formula is C24H23N5O3. The summed E-state index contributed by atoms with van der Waals surface area (Å²) in [6.45, 7) is 4.42. The lowest BCUT2D eigenvalue weighted by atomic mass is 10.2. The number of ether oxygens (including phenoxy) is 3. The maximum absolute atomic E-state index is 5.85. The number of aryl methyl sites for hydroxylation is 1. The lowest BCUT2D eigenvalue weighted by molar-refractivity contribution is 0.295. The van der Waals surface area contributed by atoms with Crippen LogP contribution in [0, 0.1) is 13.8 Å². The highest BCUT2D eigenvalue weighted by Crippen LogP contribution is 2.30. The van der Waals surface area contributed by atoms with Crippen molar-refractivity contribution in [3.8, 4) is 22.9 Å². The summed E-state index contributed by atoms with van der Waals surface area (Å²) in [6.07, 6.45) is 1.69. The zero-order valence-electron chi connectivity index (χ0n) is 18.4. The Kier molecular flexibility index (Phi) is 4.89. The molecule has 0 amide bonds. The maximum atomic E-state index is 5.85. The van der Waals surface area contributed by atoms with E-state index in [1.54, 1.807) is 25.1 Å². The van der Waals surface area contributed by atoms with Crippen LogP contribution in [0.1, 0.15) is 17.1 Å². The standard InChI is InChI=1S/C24H23N5O3/c1-15-16(2)29(17-6-5-7-20(12-17)31-4)23-22(15)24-26-21(27-28(24)14-25-23)13-32-19-10-8-18(30-3)9-11-19/h5-12,14H,13H2,1-4H3. The highest BCUT2D eigenvalue weighted by molar-refractivity contribution is 5.95. The first-order valence-electron chi connectivity index (χ1n) is 10.2. The fourth-order valence-electron chi connectivity index (χ4n) is 3.85. The number of rotatable bonds is 6. The molecule has 5 rings (SSSR count). The first-order valence-corrected chi connectivity index (χ1v) is 10.2. The molecule has 0 N–H and O–H groups in total. The summed E-state index contributed by atoms with van der Waals surface area (Å²) in [6, 6.07) is 15.4. The minimum Gasteiger partial charge on any atom is -0.497 e. The van der Waals surface area contributed by atoms with Crippen LogP contribution in [0.2, 0.25) is 0 Å². The zero-order valence-corrected chi connectivity index (χ0v) is 18.4. The quantitative estimate of drug-likeness (QED) is 0.401. The van der Waals surface area contributed by atoms with Crippen LogP contribution in [-0.4, -0.2) is 38.4 Å². The van der Waals surface area contributed by atoms with E-state index in [4.69, 9.17) is 24.2 Å². The predicted octanol–water partition coefficient (Wildman–Crippen LogP) is 4.28. The smallest absolute Gasteiger partial charge is 0.189 e. The highest BCUT2D eigenvalue weighted by atomic mass is 16.5. The van der Waals surface area contributed by atoms with Crippen LogP contribution in [0.5, 0.6) is 17.2 Å². The van der Waals surface area contributed by atoms with Gasteiger partial charge in [-0.05, 0) is 55.8 Å². The molecule has 0 atom stereocenters. The second kappa shape index (κ2) is 7.88. The minimum absolute atomic E-state index is 0.254. The maximum Gasteiger partial charge on any atom is 0.189 e. The molecule has 0 aliphatic carbocycles. The summed E-state index contributed by atoms with van der Waals surface area (Å²) in [5.41, 5.74) is 4.77. The average Bonchev–Trinajstić information content (AvgIpc) is 3.36. The van der Waals surface area contributed by atoms with Gasteiger partial charge >= 0.3 is 0 Å². The van der Waals surface area contributed by atoms with E-state index in [-0.39, 0.29) is 6.61 Å². The zero-order chi connectivity index (χ0) is 22.2. The summed E-state index contributed by atoms with van der Waals surface area (Å²) < 4.78 is 20.3. The Morgan fingerprint density at radius 2 is 1.62 bits per heavy atom. The first kappa shape index (κ1) is 19.9. The van der Waals surface area contributed by atoms with E-state index in [1.165, 1.54) is 0 Å². The topological polar surface area (TPSA) is 75.7 Å². The lowest BCUT2D eigenvalue weighted by Crippen LogP contribution is -2.00. The van der Waals surface area contributed by atoms with Crippen LogP contribution in [0.4, 0.5) is 0 Å². The molecule has 3 aromatic heterocycles. The number of benzene rings is 2. The molecule has 0 aliphatic rings. The van der Waals surface area contributed by atoms with E-state index in [0.717, 1.165) is 50.9 Å². The molecule has 32 heavy (non-hydrogen) atoms. The predicted molar refractivity (Wildman–Crippen MR) is 121 cm³/mol. The van der Waals surface area contributed by atoms with Gasteiger partial charge in [0.1, 0.15) is 30.2 Å². The number of hydrogen-bond donors (Lipinski definition) is 0. The number of fused-ring (bicyclic) bond motifs is 3. The number of nitrogens with zero attached hydrogens (tertiary/aromatic N) is 5. The Balaban J connectivity index is 1.54. The van der Waals surface area contributed by atoms with Gasteiger partial charge in [-0.1, -0.05) is 6.07 Å². The summed E-state index contributed by atoms with van der Waals surface area (Å²) in [5.74, 6) is 2.89. The molecule has 8 nitrogen and oxygen atoms in total. The van der Waals surface area contributed by atoms with E-state index < -0.39 is 0 Å². The number of hydrogen-bond acceptors (Lipinski definition) is 6. The molecule has 0 radical (unpaired) electrons. The molecule has 0 spiro atoms. The molecule has 0 bridgehead atoms. The third kappa shape index (κ3) is 3.30. The van der Waals surface area contributed by atoms with Crippen LogP contribution < -0.4 is 14.2 Å². The summed E-state index contributed by atoms with van der Waals surface area (Å²) in [7, 11) is 3.30. The van der Waals surface area contributed by atoms with Crippen LogP contribution in [-0.2, 0) is 6.61 Å². The van der Waals surface area contributed by atoms with E-state index in [2.05, 4.69) is 23.5 Å². The molecule has 8 heteroatoms. The van der Waals surface area contributed by atoms with Crippen LogP contribution in [0.25, 0.3) is 22.4 Å². The Bertz CT molecular complexity index is 1420. The summed E-state index contributed by atoms with van der Waals surface area (Å²) in [5, 5.41) is 5.52. The fraction of sp³-hybridized carbons (Fsp3) is 0.208. The van der Waals surface area contributed by atoms with E-state index in [9.17, 15) is 0 Å². The molecule has 2 aromatic carbocycles. The van der Waals surface area contributed by atoms with Gasteiger partial charge in [0.05, 0.1) is 25.3 Å². The second-order valence-electron chi connectivity index (χ2n) is 7.45. The molecule has 0 aliphatic heterocycles. The SMILES string of the molecule is COc1ccc(OCc2nc3c4c(C)c(C)n(-c5cccc(OC)c5)c4ncn3n2)cc1. The average molecular weight is 429 g/mol. The molecule has 0 saturated heterocycles. The summed E-state index contributed by atoms with van der Waals surface area (Å²) in [4.78, 5) is 9.46. The monoisotopic (exact) mass is 429 g/mol. The highest BCUT2D eigenvalue weighted by Gasteiger charge is 2.19. The van der Waals surface area contributed by atoms with Gasteiger partial charge in [0.25, 0.3) is 0 Å². The molecule has 5 aromatic rings. The Morgan fingerprint density at radius 3 is 2.38 bits per heavy atom. The normalized spacial score (nSPS) is 11.2. The van der Waals surface area contributed by atoms with E-state index >= 15 is 0 Å². The van der Waals surface area contributed by atoms with Crippen molar-refractivity contribution in [1.29, 1.82) is 0 Å². The van der Waals surface area contributed by atoms with E-state index in [0.29, 0.717) is 5.82 Å². The molecule has 162 valence electrons. The lowest BCUT2D eigenvalue weighted by Gasteiger charge is -2.09. The van der Waals surface area contributed by atoms with Gasteiger partial charge in [0.2, 0.25) is 0 Å². The van der Waals surface area contributed by atoms with Crippen LogP contribution >= 0.6 is 0 Å². The van der Waals surface area contributed by atoms with Gasteiger partial charge in [-0.3, -0.25) is 4.57 Å². The van der Waals surface area contributed by atoms with Crippen LogP contribution in [0.15, 0.2) is 54.9 Å². The Morgan fingerprint density at radius 1 is 0.875 bits per heavy atom. The van der Waals surface area contributed by atoms with Crippen molar-refractivity contribution >= 4 is 16.7 Å². The number of methoxy groups -OCH3 is 2. The van der Waals surface area contributed by atoms with Crippen molar-refractivity contribution in [3.63, 3.8) is 0 Å². The first-order chi connectivity index (χ1) is 15.6. The van der Waals surface area contributed by atoms with E-state index in [1.807, 2.05) is 48.5 Å². The third-order valence-corrected chi connectivity index (χ3v) is 5.62. The van der Waals surface area contributed by atoms with Crippen molar-refractivity contribution in [2.45, 2.75) is 20.5 Å². The number of aromatic nitrogens is 5. The Hall–Kier alpha value is -4.07. The molecular weight excluding hydrogens is 406 g/mol. The molecule has 0 saturated carbocycles. The minimum atomic E-state index is 0.254. The molecule has 0 fully saturated rings. The third-order valence-electron chi connectivity index (χ3n) is 5.62. The van der Waals surface area contributed by atoms with Gasteiger partial charge in [0.15, 0.2) is 17.1 Å². The largest absolute Gasteiger partial charge is 0.497 e. The van der Waals surface area contributed by atoms with Crippen molar-refractivity contribution in [2.75, 3.05) is 14.2 Å². The summed E-state index contributed by atoms with van der Waals surface area (Å²) >= 11 is 0. The molecule has 0 unspecified atom stereocenters. The van der Waals surface area contributed by atoms with Crippen molar-refractivity contribution in [2.24, 2.45) is 0 Å². The van der Waals surface area contributed by atoms with Crippen LogP contribution in [0.3, 0.4) is 0 Å². The van der Waals surface area contributed by atoms with Gasteiger partial charge in [-0.15, -0.1) is 5.10 Å². The van der Waals surface area contributed by atoms with Gasteiger partial charge in [0, 0.05) is 11.8 Å². The Labute approximate surface area is 185 Å². The van der Waals surface area contributed by atoms with Crippen molar-refractivity contribution < 1.29 is 14.2 Å². The van der Waals surface area contributed by atoms with Gasteiger partial charge < -0.3 is 14.2 Å². The van der Waals surface area contributed by atoms with Gasteiger partial charge in [-0.2, -0.15) is 0 Å². The second-order valence-corrected chi connectivity index (χ2v) is 7.45. The molecule has 3 heterocycles. The fourth-order valence-corrected chi connectivity index (χ4v) is 3.85.